The number of phenols is 1. The van der Waals surface area contributed by atoms with Gasteiger partial charge in [0.1, 0.15) is 5.75 Å². The van der Waals surface area contributed by atoms with Crippen LogP contribution in [0.5, 0.6) is 5.75 Å². The molecule has 2 rings (SSSR count). The molecule has 0 fully saturated rings. The van der Waals surface area contributed by atoms with E-state index in [9.17, 15) is 5.11 Å². The lowest BCUT2D eigenvalue weighted by Crippen LogP contribution is -1.82. The molecule has 1 N–H and O–H groups in total. The summed E-state index contributed by atoms with van der Waals surface area (Å²) < 4.78 is 1.18. The molecule has 0 heterocycles. The topological polar surface area (TPSA) is 20.2 Å². The summed E-state index contributed by atoms with van der Waals surface area (Å²) in [5.74, 6) is 0.399. The van der Waals surface area contributed by atoms with Crippen LogP contribution in [0.15, 0.2) is 30.3 Å². The Hall–Kier alpha value is -0.770. The maximum atomic E-state index is 9.78. The van der Waals surface area contributed by atoms with Crippen LogP contribution in [0.25, 0.3) is 10.8 Å². The molecule has 0 aromatic heterocycles. The molecule has 0 radical (unpaired) electrons. The third-order valence-corrected chi connectivity index (χ3v) is 3.05. The number of fused-ring (bicyclic) bond motifs is 1. The van der Waals surface area contributed by atoms with Gasteiger partial charge in [0.05, 0.1) is 0 Å². The first kappa shape index (κ1) is 8.81. The molecule has 0 spiro atoms. The van der Waals surface area contributed by atoms with Crippen LogP contribution in [0, 0.1) is 10.5 Å². The van der Waals surface area contributed by atoms with Crippen LogP contribution in [0.1, 0.15) is 5.56 Å². The molecule has 0 saturated heterocycles. The number of hydrogen-bond acceptors (Lipinski definition) is 1. The Bertz CT molecular complexity index is 463. The number of aryl methyl sites for hydroxylation is 1. The van der Waals surface area contributed by atoms with E-state index >= 15 is 0 Å². The molecule has 0 unspecified atom stereocenters. The molecule has 2 heteroatoms. The van der Waals surface area contributed by atoms with Gasteiger partial charge >= 0.3 is 0 Å². The summed E-state index contributed by atoms with van der Waals surface area (Å²) in [7, 11) is 0. The SMILES string of the molecule is Cc1cc(I)c2ccccc2c1O. The van der Waals surface area contributed by atoms with Gasteiger partial charge in [-0.1, -0.05) is 24.3 Å². The Morgan fingerprint density at radius 2 is 1.77 bits per heavy atom. The number of phenolic OH excluding ortho intramolecular Hbond substituents is 1. The first-order valence-electron chi connectivity index (χ1n) is 4.07. The number of hydrogen-bond donors (Lipinski definition) is 1. The van der Waals surface area contributed by atoms with E-state index in [1.807, 2.05) is 37.3 Å². The van der Waals surface area contributed by atoms with Crippen molar-refractivity contribution in [2.75, 3.05) is 0 Å². The van der Waals surface area contributed by atoms with Crippen LogP contribution >= 0.6 is 22.6 Å². The highest BCUT2D eigenvalue weighted by molar-refractivity contribution is 14.1. The molecule has 0 saturated carbocycles. The second-order valence-corrected chi connectivity index (χ2v) is 4.23. The third-order valence-electron chi connectivity index (χ3n) is 2.16. The summed E-state index contributed by atoms with van der Waals surface area (Å²) in [6.45, 7) is 1.92. The fourth-order valence-corrected chi connectivity index (χ4v) is 2.38. The van der Waals surface area contributed by atoms with Gasteiger partial charge in [-0.3, -0.25) is 0 Å². The van der Waals surface area contributed by atoms with Crippen molar-refractivity contribution in [2.24, 2.45) is 0 Å². The highest BCUT2D eigenvalue weighted by Crippen LogP contribution is 2.31. The van der Waals surface area contributed by atoms with E-state index in [1.165, 1.54) is 3.57 Å². The minimum Gasteiger partial charge on any atom is -0.507 e. The quantitative estimate of drug-likeness (QED) is 0.734. The Morgan fingerprint density at radius 3 is 2.46 bits per heavy atom. The zero-order chi connectivity index (χ0) is 9.42. The van der Waals surface area contributed by atoms with E-state index < -0.39 is 0 Å². The maximum absolute atomic E-state index is 9.78. The van der Waals surface area contributed by atoms with Gasteiger partial charge in [-0.25, -0.2) is 0 Å². The van der Waals surface area contributed by atoms with Crippen molar-refractivity contribution in [3.05, 3.63) is 39.5 Å². The van der Waals surface area contributed by atoms with Crippen molar-refractivity contribution in [3.8, 4) is 5.75 Å². The number of aromatic hydroxyl groups is 1. The Kier molecular flexibility index (Phi) is 2.15. The largest absolute Gasteiger partial charge is 0.507 e. The zero-order valence-corrected chi connectivity index (χ0v) is 9.37. The van der Waals surface area contributed by atoms with Gasteiger partial charge in [-0.05, 0) is 46.5 Å². The summed E-state index contributed by atoms with van der Waals surface area (Å²) in [4.78, 5) is 0. The Morgan fingerprint density at radius 1 is 1.15 bits per heavy atom. The van der Waals surface area contributed by atoms with Crippen LogP contribution in [-0.2, 0) is 0 Å². The molecule has 13 heavy (non-hydrogen) atoms. The first-order valence-corrected chi connectivity index (χ1v) is 5.15. The Labute approximate surface area is 90.5 Å². The second-order valence-electron chi connectivity index (χ2n) is 3.07. The lowest BCUT2D eigenvalue weighted by Gasteiger charge is -2.05. The summed E-state index contributed by atoms with van der Waals surface area (Å²) in [5.41, 5.74) is 0.933. The average Bonchev–Trinajstić information content (AvgIpc) is 2.15. The molecule has 0 aliphatic heterocycles. The molecule has 0 aliphatic rings. The van der Waals surface area contributed by atoms with Crippen molar-refractivity contribution in [2.45, 2.75) is 6.92 Å². The van der Waals surface area contributed by atoms with Crippen molar-refractivity contribution in [1.82, 2.24) is 0 Å². The second kappa shape index (κ2) is 3.18. The highest BCUT2D eigenvalue weighted by Gasteiger charge is 2.05. The van der Waals surface area contributed by atoms with E-state index in [0.717, 1.165) is 16.3 Å². The molecule has 2 aromatic rings. The molecule has 0 bridgehead atoms. The van der Waals surface area contributed by atoms with Crippen molar-refractivity contribution in [1.29, 1.82) is 0 Å². The van der Waals surface area contributed by atoms with Crippen LogP contribution in [0.3, 0.4) is 0 Å². The molecule has 0 amide bonds. The highest BCUT2D eigenvalue weighted by atomic mass is 127. The predicted molar refractivity (Wildman–Crippen MR) is 63.1 cm³/mol. The predicted octanol–water partition coefficient (Wildman–Crippen LogP) is 3.46. The monoisotopic (exact) mass is 284 g/mol. The smallest absolute Gasteiger partial charge is 0.126 e. The normalized spacial score (nSPS) is 10.6. The Balaban J connectivity index is 2.97. The van der Waals surface area contributed by atoms with Crippen molar-refractivity contribution in [3.63, 3.8) is 0 Å². The molecule has 66 valence electrons. The van der Waals surface area contributed by atoms with Gasteiger partial charge in [0.2, 0.25) is 0 Å². The fourth-order valence-electron chi connectivity index (χ4n) is 1.45. The molecule has 2 aromatic carbocycles. The van der Waals surface area contributed by atoms with E-state index in [2.05, 4.69) is 22.6 Å². The molecular weight excluding hydrogens is 275 g/mol. The van der Waals surface area contributed by atoms with Crippen molar-refractivity contribution < 1.29 is 5.11 Å². The lowest BCUT2D eigenvalue weighted by atomic mass is 10.1. The van der Waals surface area contributed by atoms with Gasteiger partial charge in [-0.2, -0.15) is 0 Å². The van der Waals surface area contributed by atoms with Crippen LogP contribution in [-0.4, -0.2) is 5.11 Å². The first-order chi connectivity index (χ1) is 6.20. The summed E-state index contributed by atoms with van der Waals surface area (Å²) in [6, 6.07) is 9.89. The van der Waals surface area contributed by atoms with E-state index in [4.69, 9.17) is 0 Å². The maximum Gasteiger partial charge on any atom is 0.126 e. The fraction of sp³-hybridized carbons (Fsp3) is 0.0909. The van der Waals surface area contributed by atoms with E-state index in [0.29, 0.717) is 5.75 Å². The van der Waals surface area contributed by atoms with Gasteiger partial charge < -0.3 is 5.11 Å². The van der Waals surface area contributed by atoms with Crippen LogP contribution in [0.4, 0.5) is 0 Å². The van der Waals surface area contributed by atoms with Crippen molar-refractivity contribution >= 4 is 33.4 Å². The van der Waals surface area contributed by atoms with Gasteiger partial charge in [-0.15, -0.1) is 0 Å². The lowest BCUT2D eigenvalue weighted by molar-refractivity contribution is 0.477. The molecule has 0 atom stereocenters. The van der Waals surface area contributed by atoms with Gasteiger partial charge in [0.15, 0.2) is 0 Å². The number of rotatable bonds is 0. The average molecular weight is 284 g/mol. The van der Waals surface area contributed by atoms with E-state index in [-0.39, 0.29) is 0 Å². The zero-order valence-electron chi connectivity index (χ0n) is 7.21. The van der Waals surface area contributed by atoms with Crippen LogP contribution < -0.4 is 0 Å². The minimum absolute atomic E-state index is 0.399. The van der Waals surface area contributed by atoms with Gasteiger partial charge in [0.25, 0.3) is 0 Å². The molecule has 1 nitrogen and oxygen atoms in total. The summed E-state index contributed by atoms with van der Waals surface area (Å²) in [6.07, 6.45) is 0. The number of benzene rings is 2. The standard InChI is InChI=1S/C11H9IO/c1-7-6-10(12)8-4-2-3-5-9(8)11(7)13/h2-6,13H,1H3. The summed E-state index contributed by atoms with van der Waals surface area (Å²) in [5, 5.41) is 11.8. The van der Waals surface area contributed by atoms with Crippen LogP contribution in [0.2, 0.25) is 0 Å². The minimum atomic E-state index is 0.399. The summed E-state index contributed by atoms with van der Waals surface area (Å²) >= 11 is 2.29. The number of halogens is 1. The van der Waals surface area contributed by atoms with Gasteiger partial charge in [0, 0.05) is 8.96 Å². The third kappa shape index (κ3) is 1.39. The molecular formula is C11H9IO. The molecule has 0 aliphatic carbocycles. The van der Waals surface area contributed by atoms with E-state index in [1.54, 1.807) is 0 Å².